The molecule has 5 rings (SSSR count). The molecule has 38 heavy (non-hydrogen) atoms. The van der Waals surface area contributed by atoms with Gasteiger partial charge in [0, 0.05) is 29.7 Å². The Hall–Kier alpha value is 0.850. The Morgan fingerprint density at radius 3 is 2.21 bits per heavy atom. The van der Waals surface area contributed by atoms with Gasteiger partial charge in [-0.05, 0) is 144 Å². The highest BCUT2D eigenvalue weighted by molar-refractivity contribution is 14.1. The van der Waals surface area contributed by atoms with Crippen LogP contribution >= 0.6 is 113 Å². The van der Waals surface area contributed by atoms with Gasteiger partial charge in [0.15, 0.2) is 0 Å². The van der Waals surface area contributed by atoms with Gasteiger partial charge in [0.1, 0.15) is 28.1 Å². The van der Waals surface area contributed by atoms with E-state index in [2.05, 4.69) is 45.2 Å². The van der Waals surface area contributed by atoms with Gasteiger partial charge in [-0.1, -0.05) is 0 Å². The first kappa shape index (κ1) is 30.3. The predicted octanol–water partition coefficient (Wildman–Crippen LogP) is 4.45. The molecule has 3 aliphatic rings. The van der Waals surface area contributed by atoms with Gasteiger partial charge in [-0.25, -0.2) is 4.79 Å². The van der Waals surface area contributed by atoms with E-state index in [4.69, 9.17) is 13.7 Å². The number of carbonyl (C=O) groups excluding carboxylic acids is 2. The summed E-state index contributed by atoms with van der Waals surface area (Å²) in [5.74, 6) is -3.81. The van der Waals surface area contributed by atoms with Gasteiger partial charge in [0.2, 0.25) is 0 Å². The van der Waals surface area contributed by atoms with E-state index in [1.165, 1.54) is 12.1 Å². The summed E-state index contributed by atoms with van der Waals surface area (Å²) in [4.78, 5) is 26.2. The van der Waals surface area contributed by atoms with Crippen LogP contribution in [0.1, 0.15) is 16.8 Å². The van der Waals surface area contributed by atoms with Crippen LogP contribution in [-0.4, -0.2) is 50.8 Å². The highest BCUT2D eigenvalue weighted by Crippen LogP contribution is 2.59. The lowest BCUT2D eigenvalue weighted by Crippen LogP contribution is -2.46. The zero-order valence-electron chi connectivity index (χ0n) is 18.3. The Morgan fingerprint density at radius 2 is 1.61 bits per heavy atom. The molecule has 0 spiro atoms. The second-order valence-electron chi connectivity index (χ2n) is 8.84. The predicted molar refractivity (Wildman–Crippen MR) is 174 cm³/mol. The standard InChI is InChI=1S/C21H13I5O10S2/c22-6-1-9(15(26)11(23)2-6)20(27)35-16-8-5-10-17(16)36-38(32,33)18(10)14(8)21(28)34-7-3-12(24)19(13(25)4-7)37(29,30)31/h1-4,8,10,14,16-18H,5H2,(H,29,30,31). The van der Waals surface area contributed by atoms with Gasteiger partial charge in [-0.15, -0.1) is 0 Å². The number of esters is 2. The highest BCUT2D eigenvalue weighted by Gasteiger charge is 2.72. The Bertz CT molecular complexity index is 1590. The first-order valence-electron chi connectivity index (χ1n) is 10.6. The molecule has 204 valence electrons. The number of halogens is 5. The fourth-order valence-corrected chi connectivity index (χ4v) is 13.8. The molecular weight excluding hydrogens is 1110 g/mol. The SMILES string of the molecule is O=C(OC1C2CC3C1OS(=O)(=O)C3C2C(=O)Oc1cc(I)c(S(=O)(=O)O)c(I)c1)c1cc(I)cc(I)c1I. The Balaban J connectivity index is 1.44. The average Bonchev–Trinajstić information content (AvgIpc) is 3.37. The third-order valence-corrected chi connectivity index (χ3v) is 15.6. The quantitative estimate of drug-likeness (QED) is 0.114. The molecule has 6 atom stereocenters. The van der Waals surface area contributed by atoms with Gasteiger partial charge < -0.3 is 9.47 Å². The fourth-order valence-electron chi connectivity index (χ4n) is 5.37. The first-order valence-corrected chi connectivity index (χ1v) is 18.9. The Labute approximate surface area is 285 Å². The Kier molecular flexibility index (Phi) is 8.65. The molecule has 0 amide bonds. The van der Waals surface area contributed by atoms with Crippen molar-refractivity contribution in [1.82, 2.24) is 0 Å². The summed E-state index contributed by atoms with van der Waals surface area (Å²) in [6.07, 6.45) is -1.53. The second kappa shape index (κ2) is 10.8. The number of benzene rings is 2. The zero-order chi connectivity index (χ0) is 27.9. The van der Waals surface area contributed by atoms with Crippen LogP contribution in [0.25, 0.3) is 0 Å². The smallest absolute Gasteiger partial charge is 0.339 e. The third kappa shape index (κ3) is 5.38. The van der Waals surface area contributed by atoms with Gasteiger partial charge in [-0.3, -0.25) is 13.5 Å². The maximum absolute atomic E-state index is 13.4. The maximum atomic E-state index is 13.4. The second-order valence-corrected chi connectivity index (χ2v) is 17.7. The number of rotatable bonds is 5. The summed E-state index contributed by atoms with van der Waals surface area (Å²) in [6.45, 7) is 0. The molecule has 17 heteroatoms. The van der Waals surface area contributed by atoms with Crippen molar-refractivity contribution in [3.63, 3.8) is 0 Å². The number of hydrogen-bond donors (Lipinski definition) is 1. The van der Waals surface area contributed by atoms with Gasteiger partial charge in [0.05, 0.1) is 11.5 Å². The Morgan fingerprint density at radius 1 is 0.974 bits per heavy atom. The van der Waals surface area contributed by atoms with Crippen LogP contribution in [0.3, 0.4) is 0 Å². The van der Waals surface area contributed by atoms with Gasteiger partial charge in [-0.2, -0.15) is 16.8 Å². The number of hydrogen-bond acceptors (Lipinski definition) is 9. The summed E-state index contributed by atoms with van der Waals surface area (Å²) in [5, 5.41) is -1.13. The minimum atomic E-state index is -4.51. The van der Waals surface area contributed by atoms with Crippen LogP contribution in [0.5, 0.6) is 5.75 Å². The van der Waals surface area contributed by atoms with E-state index >= 15 is 0 Å². The van der Waals surface area contributed by atoms with Crippen molar-refractivity contribution in [2.75, 3.05) is 0 Å². The van der Waals surface area contributed by atoms with Crippen molar-refractivity contribution in [1.29, 1.82) is 0 Å². The molecule has 2 aromatic rings. The normalized spacial score (nSPS) is 28.9. The van der Waals surface area contributed by atoms with Crippen LogP contribution < -0.4 is 4.74 Å². The third-order valence-electron chi connectivity index (χ3n) is 6.70. The molecule has 2 aliphatic carbocycles. The molecule has 10 nitrogen and oxygen atoms in total. The lowest BCUT2D eigenvalue weighted by molar-refractivity contribution is -0.143. The van der Waals surface area contributed by atoms with Crippen molar-refractivity contribution in [2.45, 2.75) is 28.8 Å². The van der Waals surface area contributed by atoms with E-state index in [0.717, 1.165) is 7.14 Å². The minimum Gasteiger partial charge on any atom is -0.456 e. The molecule has 3 fully saturated rings. The molecule has 0 aromatic heterocycles. The van der Waals surface area contributed by atoms with Crippen molar-refractivity contribution in [2.24, 2.45) is 17.8 Å². The van der Waals surface area contributed by atoms with Crippen molar-refractivity contribution >= 4 is 145 Å². The maximum Gasteiger partial charge on any atom is 0.339 e. The molecule has 1 saturated heterocycles. The molecule has 0 radical (unpaired) electrons. The lowest BCUT2D eigenvalue weighted by Gasteiger charge is -2.30. The van der Waals surface area contributed by atoms with Crippen LogP contribution in [-0.2, 0) is 34.0 Å². The molecule has 2 bridgehead atoms. The molecule has 2 saturated carbocycles. The van der Waals surface area contributed by atoms with E-state index in [0.29, 0.717) is 15.6 Å². The molecular formula is C21H13I5O10S2. The molecule has 1 heterocycles. The lowest BCUT2D eigenvalue weighted by atomic mass is 9.84. The molecule has 1 N–H and O–H groups in total. The topological polar surface area (TPSA) is 150 Å². The van der Waals surface area contributed by atoms with Crippen molar-refractivity contribution < 1.29 is 44.6 Å². The van der Waals surface area contributed by atoms with E-state index < -0.39 is 67.4 Å². The highest BCUT2D eigenvalue weighted by atomic mass is 127. The largest absolute Gasteiger partial charge is 0.456 e. The number of carbonyl (C=O) groups is 2. The summed E-state index contributed by atoms with van der Waals surface area (Å²) in [5.41, 5.74) is 0.337. The summed E-state index contributed by atoms with van der Waals surface area (Å²) < 4.78 is 77.9. The minimum absolute atomic E-state index is 0.0108. The van der Waals surface area contributed by atoms with Crippen molar-refractivity contribution in [3.05, 3.63) is 47.7 Å². The van der Waals surface area contributed by atoms with E-state index in [-0.39, 0.29) is 17.8 Å². The van der Waals surface area contributed by atoms with Crippen LogP contribution in [0.15, 0.2) is 29.2 Å². The summed E-state index contributed by atoms with van der Waals surface area (Å²) >= 11 is 9.64. The van der Waals surface area contributed by atoms with E-state index in [1.807, 2.05) is 28.7 Å². The molecule has 6 unspecified atom stereocenters. The van der Waals surface area contributed by atoms with Crippen LogP contribution in [0.4, 0.5) is 0 Å². The van der Waals surface area contributed by atoms with Gasteiger partial charge in [0.25, 0.3) is 20.2 Å². The van der Waals surface area contributed by atoms with Crippen molar-refractivity contribution in [3.8, 4) is 5.75 Å². The molecule has 1 aliphatic heterocycles. The monoisotopic (exact) mass is 1120 g/mol. The number of fused-ring (bicyclic) bond motifs is 1. The number of ether oxygens (including phenoxy) is 2. The first-order chi connectivity index (χ1) is 17.6. The average molecular weight is 1120 g/mol. The zero-order valence-corrected chi connectivity index (χ0v) is 30.7. The van der Waals surface area contributed by atoms with Crippen LogP contribution in [0, 0.1) is 35.6 Å². The van der Waals surface area contributed by atoms with E-state index in [9.17, 15) is 31.0 Å². The molecule has 2 aromatic carbocycles. The fraction of sp³-hybridized carbons (Fsp3) is 0.333. The summed E-state index contributed by atoms with van der Waals surface area (Å²) in [7, 11) is -8.63. The van der Waals surface area contributed by atoms with Crippen LogP contribution in [0.2, 0.25) is 0 Å². The van der Waals surface area contributed by atoms with E-state index in [1.54, 1.807) is 51.2 Å². The van der Waals surface area contributed by atoms with Gasteiger partial charge >= 0.3 is 11.9 Å². The summed E-state index contributed by atoms with van der Waals surface area (Å²) in [6, 6.07) is 6.11.